The van der Waals surface area contributed by atoms with Crippen LogP contribution in [0.1, 0.15) is 49.5 Å². The van der Waals surface area contributed by atoms with Crippen molar-refractivity contribution in [2.75, 3.05) is 26.8 Å². The Morgan fingerprint density at radius 3 is 2.47 bits per heavy atom. The lowest BCUT2D eigenvalue weighted by Gasteiger charge is -2.09. The molecule has 0 saturated carbocycles. The van der Waals surface area contributed by atoms with Crippen LogP contribution < -0.4 is 10.1 Å². The van der Waals surface area contributed by atoms with E-state index in [-0.39, 0.29) is 5.78 Å². The molecule has 0 aliphatic heterocycles. The van der Waals surface area contributed by atoms with Gasteiger partial charge in [0.05, 0.1) is 25.0 Å². The van der Waals surface area contributed by atoms with Gasteiger partial charge in [-0.1, -0.05) is 81.1 Å². The number of methoxy groups -OCH3 is 1. The van der Waals surface area contributed by atoms with Crippen molar-refractivity contribution in [3.05, 3.63) is 102 Å². The van der Waals surface area contributed by atoms with Gasteiger partial charge in [0.1, 0.15) is 5.75 Å². The van der Waals surface area contributed by atoms with Crippen LogP contribution in [0.3, 0.4) is 0 Å². The van der Waals surface area contributed by atoms with Crippen LogP contribution in [0, 0.1) is 0 Å². The normalized spacial score (nSPS) is 11.3. The van der Waals surface area contributed by atoms with E-state index in [2.05, 4.69) is 30.3 Å². The fourth-order valence-electron chi connectivity index (χ4n) is 3.84. The van der Waals surface area contributed by atoms with Gasteiger partial charge in [-0.2, -0.15) is 0 Å². The zero-order chi connectivity index (χ0) is 26.2. The molecule has 36 heavy (non-hydrogen) atoms. The van der Waals surface area contributed by atoms with E-state index in [1.54, 1.807) is 13.2 Å². The molecule has 0 atom stereocenters. The highest BCUT2D eigenvalue weighted by atomic mass is 16.5. The summed E-state index contributed by atoms with van der Waals surface area (Å²) in [5.41, 5.74) is 2.42. The van der Waals surface area contributed by atoms with Crippen LogP contribution in [0.5, 0.6) is 5.75 Å². The Morgan fingerprint density at radius 2 is 1.83 bits per heavy atom. The van der Waals surface area contributed by atoms with Crippen molar-refractivity contribution in [2.45, 2.75) is 40.2 Å². The first-order valence-electron chi connectivity index (χ1n) is 12.7. The lowest BCUT2D eigenvalue weighted by Crippen LogP contribution is -2.15. The standard InChI is InChI=1S/C21H24N2O2.C10H16O/c1-3-22-13-8-14-23-15-18(21(24)16-9-5-4-6-10-16)17-11-7-12-19(25-2)20(17)23;1-4-7-8-9-10(5-2)11-6-3/h4-7,9-12,15,22H,3,8,13-14H2,1-2H3;4,7-9H,1,5-6H2,2-3H3/b;8-7-,10-9+. The van der Waals surface area contributed by atoms with E-state index in [4.69, 9.17) is 9.47 Å². The molecule has 0 aliphatic rings. The Hall–Kier alpha value is -3.57. The SMILES string of the molecule is C=C/C=C\C=C(/CC)OCC.CCNCCCn1cc(C(=O)c2ccccc2)c2cccc(OC)c21. The number of carbonyl (C=O) groups excluding carboxylic acids is 1. The molecular weight excluding hydrogens is 448 g/mol. The summed E-state index contributed by atoms with van der Waals surface area (Å²) in [6.45, 7) is 13.2. The summed E-state index contributed by atoms with van der Waals surface area (Å²) in [4.78, 5) is 13.0. The minimum absolute atomic E-state index is 0.0456. The largest absolute Gasteiger partial charge is 0.498 e. The third-order valence-electron chi connectivity index (χ3n) is 5.57. The number of allylic oxidation sites excluding steroid dienone is 5. The number of rotatable bonds is 13. The summed E-state index contributed by atoms with van der Waals surface area (Å²) in [6.07, 6.45) is 11.4. The highest BCUT2D eigenvalue weighted by Crippen LogP contribution is 2.31. The Balaban J connectivity index is 0.000000352. The van der Waals surface area contributed by atoms with E-state index in [0.717, 1.165) is 67.1 Å². The van der Waals surface area contributed by atoms with Crippen LogP contribution in [0.25, 0.3) is 10.9 Å². The van der Waals surface area contributed by atoms with Crippen LogP contribution in [0.15, 0.2) is 91.4 Å². The second kappa shape index (κ2) is 16.2. The van der Waals surface area contributed by atoms with Crippen LogP contribution in [0.2, 0.25) is 0 Å². The van der Waals surface area contributed by atoms with E-state index in [1.807, 2.05) is 79.9 Å². The minimum Gasteiger partial charge on any atom is -0.498 e. The first-order valence-corrected chi connectivity index (χ1v) is 12.7. The van der Waals surface area contributed by atoms with Gasteiger partial charge in [0.2, 0.25) is 0 Å². The van der Waals surface area contributed by atoms with Crippen LogP contribution in [-0.2, 0) is 11.3 Å². The first-order chi connectivity index (χ1) is 17.6. The van der Waals surface area contributed by atoms with Crippen molar-refractivity contribution in [2.24, 2.45) is 0 Å². The monoisotopic (exact) mass is 488 g/mol. The number of benzene rings is 2. The lowest BCUT2D eigenvalue weighted by molar-refractivity contribution is 0.104. The maximum absolute atomic E-state index is 13.0. The number of aromatic nitrogens is 1. The van der Waals surface area contributed by atoms with Crippen molar-refractivity contribution >= 4 is 16.7 Å². The average molecular weight is 489 g/mol. The van der Waals surface area contributed by atoms with Crippen molar-refractivity contribution in [3.8, 4) is 5.75 Å². The summed E-state index contributed by atoms with van der Waals surface area (Å²) in [7, 11) is 1.67. The highest BCUT2D eigenvalue weighted by Gasteiger charge is 2.18. The Labute approximate surface area is 216 Å². The number of nitrogens with zero attached hydrogens (tertiary/aromatic N) is 1. The number of nitrogens with one attached hydrogen (secondary N) is 1. The molecule has 1 aromatic heterocycles. The maximum Gasteiger partial charge on any atom is 0.195 e. The smallest absolute Gasteiger partial charge is 0.195 e. The molecule has 0 bridgehead atoms. The molecule has 5 heteroatoms. The number of fused-ring (bicyclic) bond motifs is 1. The first kappa shape index (κ1) is 28.7. The highest BCUT2D eigenvalue weighted by molar-refractivity contribution is 6.17. The number of hydrogen-bond acceptors (Lipinski definition) is 4. The molecule has 0 fully saturated rings. The summed E-state index contributed by atoms with van der Waals surface area (Å²) < 4.78 is 13.0. The van der Waals surface area contributed by atoms with Gasteiger partial charge in [-0.05, 0) is 38.6 Å². The van der Waals surface area contributed by atoms with Crippen LogP contribution in [0.4, 0.5) is 0 Å². The number of carbonyl (C=O) groups is 1. The lowest BCUT2D eigenvalue weighted by atomic mass is 10.0. The van der Waals surface area contributed by atoms with Crippen LogP contribution >= 0.6 is 0 Å². The zero-order valence-corrected chi connectivity index (χ0v) is 22.1. The molecule has 2 aromatic carbocycles. The Kier molecular flexibility index (Phi) is 12.9. The van der Waals surface area contributed by atoms with Gasteiger partial charge >= 0.3 is 0 Å². The van der Waals surface area contributed by atoms with E-state index >= 15 is 0 Å². The predicted octanol–water partition coefficient (Wildman–Crippen LogP) is 6.94. The number of hydrogen-bond donors (Lipinski definition) is 1. The molecule has 192 valence electrons. The fourth-order valence-corrected chi connectivity index (χ4v) is 3.84. The average Bonchev–Trinajstić information content (AvgIpc) is 3.30. The van der Waals surface area contributed by atoms with Gasteiger partial charge in [-0.15, -0.1) is 0 Å². The topological polar surface area (TPSA) is 52.5 Å². The van der Waals surface area contributed by atoms with Gasteiger partial charge in [-0.3, -0.25) is 4.79 Å². The van der Waals surface area contributed by atoms with Gasteiger partial charge in [0.25, 0.3) is 0 Å². The van der Waals surface area contributed by atoms with Gasteiger partial charge in [0, 0.05) is 35.7 Å². The van der Waals surface area contributed by atoms with Crippen molar-refractivity contribution < 1.29 is 14.3 Å². The summed E-state index contributed by atoms with van der Waals surface area (Å²) in [5, 5.41) is 4.28. The summed E-state index contributed by atoms with van der Waals surface area (Å²) >= 11 is 0. The maximum atomic E-state index is 13.0. The molecule has 1 heterocycles. The van der Waals surface area contributed by atoms with Crippen LogP contribution in [-0.4, -0.2) is 37.2 Å². The number of ketones is 1. The quantitative estimate of drug-likeness (QED) is 0.123. The van der Waals surface area contributed by atoms with E-state index in [0.29, 0.717) is 5.56 Å². The molecule has 0 saturated heterocycles. The molecule has 0 aliphatic carbocycles. The summed E-state index contributed by atoms with van der Waals surface area (Å²) in [6, 6.07) is 15.3. The molecule has 0 radical (unpaired) electrons. The Bertz CT molecular complexity index is 1140. The molecule has 1 N–H and O–H groups in total. The third kappa shape index (κ3) is 8.28. The van der Waals surface area contributed by atoms with E-state index in [9.17, 15) is 4.79 Å². The predicted molar refractivity (Wildman–Crippen MR) is 151 cm³/mol. The third-order valence-corrected chi connectivity index (χ3v) is 5.57. The molecular formula is C31H40N2O3. The number of aryl methyl sites for hydroxylation is 1. The molecule has 0 spiro atoms. The van der Waals surface area contributed by atoms with Gasteiger partial charge in [0.15, 0.2) is 5.78 Å². The molecule has 3 aromatic rings. The number of ether oxygens (including phenoxy) is 2. The minimum atomic E-state index is 0.0456. The van der Waals surface area contributed by atoms with Crippen molar-refractivity contribution in [1.82, 2.24) is 9.88 Å². The molecule has 3 rings (SSSR count). The van der Waals surface area contributed by atoms with Crippen molar-refractivity contribution in [1.29, 1.82) is 0 Å². The Morgan fingerprint density at radius 1 is 1.06 bits per heavy atom. The second-order valence-electron chi connectivity index (χ2n) is 8.04. The van der Waals surface area contributed by atoms with Gasteiger partial charge < -0.3 is 19.4 Å². The fraction of sp³-hybridized carbons (Fsp3) is 0.323. The second-order valence-corrected chi connectivity index (χ2v) is 8.04. The van der Waals surface area contributed by atoms with Crippen molar-refractivity contribution in [3.63, 3.8) is 0 Å². The molecule has 5 nitrogen and oxygen atoms in total. The molecule has 0 amide bonds. The van der Waals surface area contributed by atoms with E-state index < -0.39 is 0 Å². The van der Waals surface area contributed by atoms with E-state index in [1.165, 1.54) is 0 Å². The van der Waals surface area contributed by atoms with Gasteiger partial charge in [-0.25, -0.2) is 0 Å². The summed E-state index contributed by atoms with van der Waals surface area (Å²) in [5.74, 6) is 1.86. The molecule has 0 unspecified atom stereocenters. The zero-order valence-electron chi connectivity index (χ0n) is 22.1. The number of para-hydroxylation sites is 1.